The first kappa shape index (κ1) is 20.6. The van der Waals surface area contributed by atoms with E-state index in [9.17, 15) is 9.59 Å². The van der Waals surface area contributed by atoms with Crippen molar-refractivity contribution < 1.29 is 14.3 Å². The maximum atomic E-state index is 13.3. The lowest BCUT2D eigenvalue weighted by Gasteiger charge is -2.15. The van der Waals surface area contributed by atoms with Gasteiger partial charge in [0.05, 0.1) is 17.0 Å². The number of fused-ring (bicyclic) bond motifs is 2. The molecule has 4 aromatic rings. The van der Waals surface area contributed by atoms with E-state index in [1.54, 1.807) is 22.8 Å². The van der Waals surface area contributed by atoms with Gasteiger partial charge in [0, 0.05) is 11.8 Å². The Balaban J connectivity index is 1.44. The van der Waals surface area contributed by atoms with Crippen LogP contribution in [-0.4, -0.2) is 28.0 Å². The second-order valence-corrected chi connectivity index (χ2v) is 9.15. The Morgan fingerprint density at radius 1 is 1.19 bits per heavy atom. The van der Waals surface area contributed by atoms with Crippen LogP contribution in [0.4, 0.5) is 5.69 Å². The summed E-state index contributed by atoms with van der Waals surface area (Å²) < 4.78 is 12.9. The van der Waals surface area contributed by atoms with Gasteiger partial charge in [-0.25, -0.2) is 4.98 Å². The van der Waals surface area contributed by atoms with E-state index in [1.165, 1.54) is 23.1 Å². The molecule has 7 nitrogen and oxygen atoms in total. The number of nitrogens with zero attached hydrogens (tertiary/aromatic N) is 2. The van der Waals surface area contributed by atoms with Crippen molar-refractivity contribution in [3.63, 3.8) is 0 Å². The molecule has 1 N–H and O–H groups in total. The smallest absolute Gasteiger partial charge is 0.276 e. The van der Waals surface area contributed by atoms with E-state index in [1.807, 2.05) is 43.5 Å². The molecule has 1 amide bonds. The molecule has 9 heteroatoms. The van der Waals surface area contributed by atoms with Crippen molar-refractivity contribution in [3.8, 4) is 17.2 Å². The maximum absolute atomic E-state index is 13.3. The van der Waals surface area contributed by atoms with Crippen LogP contribution in [0.5, 0.6) is 11.5 Å². The molecule has 0 aliphatic carbocycles. The van der Waals surface area contributed by atoms with Crippen LogP contribution in [0.3, 0.4) is 0 Å². The fourth-order valence-electron chi connectivity index (χ4n) is 3.48. The van der Waals surface area contributed by atoms with Gasteiger partial charge in [0.2, 0.25) is 12.7 Å². The number of hydrogen-bond donors (Lipinski definition) is 1. The van der Waals surface area contributed by atoms with Crippen LogP contribution in [0.25, 0.3) is 15.9 Å². The lowest BCUT2D eigenvalue weighted by atomic mass is 10.1. The summed E-state index contributed by atoms with van der Waals surface area (Å²) in [6.45, 7) is 4.17. The quantitative estimate of drug-likeness (QED) is 0.345. The zero-order valence-electron chi connectivity index (χ0n) is 17.4. The predicted octanol–water partition coefficient (Wildman–Crippen LogP) is 4.52. The zero-order chi connectivity index (χ0) is 22.2. The fraction of sp³-hybridized carbons (Fsp3) is 0.174. The molecule has 0 fully saturated rings. The number of rotatable bonds is 5. The van der Waals surface area contributed by atoms with Gasteiger partial charge in [0.25, 0.3) is 5.56 Å². The Kier molecular flexibility index (Phi) is 5.36. The first-order chi connectivity index (χ1) is 15.5. The minimum absolute atomic E-state index is 0.0986. The number of carbonyl (C=O) groups excluding carboxylic acids is 1. The lowest BCUT2D eigenvalue weighted by molar-refractivity contribution is -0.113. The number of thioether (sulfide) groups is 1. The molecule has 32 heavy (non-hydrogen) atoms. The first-order valence-corrected chi connectivity index (χ1v) is 11.8. The SMILES string of the molecule is Cc1cccc(-n2c(SCC(=O)Nc3ccc4c(c3)OCO4)nc3ccsc3c2=O)c1C. The third-order valence-corrected chi connectivity index (χ3v) is 7.08. The molecule has 0 atom stereocenters. The minimum Gasteiger partial charge on any atom is -0.454 e. The van der Waals surface area contributed by atoms with Crippen molar-refractivity contribution in [2.45, 2.75) is 19.0 Å². The van der Waals surface area contributed by atoms with E-state index in [0.717, 1.165) is 16.8 Å². The predicted molar refractivity (Wildman–Crippen MR) is 127 cm³/mol. The summed E-state index contributed by atoms with van der Waals surface area (Å²) in [5, 5.41) is 5.20. The number of aromatic nitrogens is 2. The molecule has 0 saturated carbocycles. The van der Waals surface area contributed by atoms with Gasteiger partial charge in [-0.15, -0.1) is 11.3 Å². The molecule has 0 unspecified atom stereocenters. The molecule has 162 valence electrons. The normalized spacial score (nSPS) is 12.3. The second-order valence-electron chi connectivity index (χ2n) is 7.29. The second kappa shape index (κ2) is 8.33. The number of amides is 1. The van der Waals surface area contributed by atoms with Gasteiger partial charge in [-0.3, -0.25) is 14.2 Å². The van der Waals surface area contributed by atoms with Crippen molar-refractivity contribution in [3.05, 3.63) is 69.3 Å². The Bertz CT molecular complexity index is 1410. The van der Waals surface area contributed by atoms with Crippen LogP contribution in [0.1, 0.15) is 11.1 Å². The summed E-state index contributed by atoms with van der Waals surface area (Å²) in [4.78, 5) is 30.6. The minimum atomic E-state index is -0.207. The molecule has 3 heterocycles. The number of ether oxygens (including phenoxy) is 2. The van der Waals surface area contributed by atoms with Crippen molar-refractivity contribution >= 4 is 44.9 Å². The molecular weight excluding hydrogens is 446 g/mol. The van der Waals surface area contributed by atoms with Crippen LogP contribution >= 0.6 is 23.1 Å². The van der Waals surface area contributed by atoms with Crippen molar-refractivity contribution in [2.75, 3.05) is 17.9 Å². The van der Waals surface area contributed by atoms with Crippen LogP contribution < -0.4 is 20.3 Å². The molecule has 0 radical (unpaired) electrons. The van der Waals surface area contributed by atoms with Gasteiger partial charge in [-0.1, -0.05) is 23.9 Å². The maximum Gasteiger partial charge on any atom is 0.276 e. The molecule has 1 aliphatic rings. The average Bonchev–Trinajstić information content (AvgIpc) is 3.44. The highest BCUT2D eigenvalue weighted by Gasteiger charge is 2.18. The van der Waals surface area contributed by atoms with Gasteiger partial charge in [-0.2, -0.15) is 0 Å². The zero-order valence-corrected chi connectivity index (χ0v) is 19.0. The van der Waals surface area contributed by atoms with Crippen LogP contribution in [0.2, 0.25) is 0 Å². The molecular formula is C23H19N3O4S2. The molecule has 0 bridgehead atoms. The summed E-state index contributed by atoms with van der Waals surface area (Å²) in [6.07, 6.45) is 0. The Labute approximate surface area is 192 Å². The van der Waals surface area contributed by atoms with E-state index < -0.39 is 0 Å². The number of anilines is 1. The summed E-state index contributed by atoms with van der Waals surface area (Å²) in [6, 6.07) is 12.9. The van der Waals surface area contributed by atoms with Crippen molar-refractivity contribution in [1.29, 1.82) is 0 Å². The standard InChI is InChI=1S/C23H19N3O4S2/c1-13-4-3-5-17(14(13)2)26-22(28)21-16(8-9-31-21)25-23(26)32-11-20(27)24-15-6-7-18-19(10-15)30-12-29-18/h3-10H,11-12H2,1-2H3,(H,24,27). The van der Waals surface area contributed by atoms with Crippen LogP contribution in [0, 0.1) is 13.8 Å². The number of carbonyl (C=O) groups is 1. The van der Waals surface area contributed by atoms with Crippen molar-refractivity contribution in [1.82, 2.24) is 9.55 Å². The molecule has 1 aliphatic heterocycles. The number of hydrogen-bond acceptors (Lipinski definition) is 7. The topological polar surface area (TPSA) is 82.5 Å². The third-order valence-electron chi connectivity index (χ3n) is 5.25. The fourth-order valence-corrected chi connectivity index (χ4v) is 5.05. The summed E-state index contributed by atoms with van der Waals surface area (Å²) in [7, 11) is 0. The molecule has 5 rings (SSSR count). The van der Waals surface area contributed by atoms with Crippen LogP contribution in [-0.2, 0) is 4.79 Å². The molecule has 0 saturated heterocycles. The highest BCUT2D eigenvalue weighted by Crippen LogP contribution is 2.34. The highest BCUT2D eigenvalue weighted by atomic mass is 32.2. The number of benzene rings is 2. The van der Waals surface area contributed by atoms with E-state index in [-0.39, 0.29) is 24.0 Å². The van der Waals surface area contributed by atoms with Gasteiger partial charge < -0.3 is 14.8 Å². The molecule has 0 spiro atoms. The Hall–Kier alpha value is -3.30. The largest absolute Gasteiger partial charge is 0.454 e. The van der Waals surface area contributed by atoms with E-state index >= 15 is 0 Å². The van der Waals surface area contributed by atoms with Gasteiger partial charge in [-0.05, 0) is 54.6 Å². The Morgan fingerprint density at radius 2 is 2.03 bits per heavy atom. The molecule has 2 aromatic heterocycles. The van der Waals surface area contributed by atoms with Gasteiger partial charge >= 0.3 is 0 Å². The molecule has 2 aromatic carbocycles. The van der Waals surface area contributed by atoms with E-state index in [0.29, 0.717) is 32.6 Å². The summed E-state index contributed by atoms with van der Waals surface area (Å²) in [5.74, 6) is 1.15. The lowest BCUT2D eigenvalue weighted by Crippen LogP contribution is -2.23. The monoisotopic (exact) mass is 465 g/mol. The summed E-state index contributed by atoms with van der Waals surface area (Å²) >= 11 is 2.60. The van der Waals surface area contributed by atoms with E-state index in [2.05, 4.69) is 10.3 Å². The summed E-state index contributed by atoms with van der Waals surface area (Å²) in [5.41, 5.74) is 3.98. The van der Waals surface area contributed by atoms with Crippen molar-refractivity contribution in [2.24, 2.45) is 0 Å². The van der Waals surface area contributed by atoms with Gasteiger partial charge in [0.15, 0.2) is 16.7 Å². The number of nitrogens with one attached hydrogen (secondary N) is 1. The highest BCUT2D eigenvalue weighted by molar-refractivity contribution is 7.99. The van der Waals surface area contributed by atoms with E-state index in [4.69, 9.17) is 9.47 Å². The number of aryl methyl sites for hydroxylation is 1. The third kappa shape index (κ3) is 3.74. The average molecular weight is 466 g/mol. The number of thiophene rings is 1. The Morgan fingerprint density at radius 3 is 2.91 bits per heavy atom. The van der Waals surface area contributed by atoms with Crippen LogP contribution in [0.15, 0.2) is 57.8 Å². The van der Waals surface area contributed by atoms with Gasteiger partial charge in [0.1, 0.15) is 4.70 Å². The first-order valence-electron chi connectivity index (χ1n) is 9.90.